The van der Waals surface area contributed by atoms with Crippen LogP contribution in [-0.2, 0) is 0 Å². The first-order valence-electron chi connectivity index (χ1n) is 4.63. The Labute approximate surface area is 111 Å². The van der Waals surface area contributed by atoms with E-state index >= 15 is 0 Å². The number of carbonyl (C=O) groups is 1. The smallest absolute Gasteiger partial charge is 0.195 e. The third-order valence-corrected chi connectivity index (χ3v) is 3.84. The molecule has 0 aliphatic rings. The minimum Gasteiger partial charge on any atom is -0.289 e. The molecule has 82 valence electrons. The molecule has 0 fully saturated rings. The Morgan fingerprint density at radius 2 is 2.12 bits per heavy atom. The van der Waals surface area contributed by atoms with Crippen LogP contribution in [0.15, 0.2) is 34.1 Å². The number of benzene rings is 1. The summed E-state index contributed by atoms with van der Waals surface area (Å²) in [5.74, 6) is -0.0261. The molecule has 0 amide bonds. The van der Waals surface area contributed by atoms with Crippen molar-refractivity contribution in [2.75, 3.05) is 0 Å². The number of rotatable bonds is 2. The SMILES string of the molecule is Cc1cc(C(=O)c2ccc(Br)cc2Cl)cs1. The number of thiophene rings is 1. The number of halogens is 2. The Hall–Kier alpha value is -0.640. The number of ketones is 1. The van der Waals surface area contributed by atoms with Crippen LogP contribution in [-0.4, -0.2) is 5.78 Å². The quantitative estimate of drug-likeness (QED) is 0.734. The first-order valence-corrected chi connectivity index (χ1v) is 6.68. The summed E-state index contributed by atoms with van der Waals surface area (Å²) in [6.45, 7) is 1.98. The van der Waals surface area contributed by atoms with Gasteiger partial charge in [-0.15, -0.1) is 11.3 Å². The molecule has 0 atom stereocenters. The third kappa shape index (κ3) is 2.37. The molecule has 0 bridgehead atoms. The monoisotopic (exact) mass is 314 g/mol. The topological polar surface area (TPSA) is 17.1 Å². The largest absolute Gasteiger partial charge is 0.289 e. The lowest BCUT2D eigenvalue weighted by atomic mass is 10.1. The molecule has 0 aliphatic carbocycles. The van der Waals surface area contributed by atoms with Gasteiger partial charge in [-0.1, -0.05) is 27.5 Å². The van der Waals surface area contributed by atoms with Gasteiger partial charge in [-0.25, -0.2) is 0 Å². The molecule has 0 radical (unpaired) electrons. The van der Waals surface area contributed by atoms with Crippen LogP contribution >= 0.6 is 38.9 Å². The van der Waals surface area contributed by atoms with Gasteiger partial charge in [0.05, 0.1) is 5.02 Å². The highest BCUT2D eigenvalue weighted by Crippen LogP contribution is 2.25. The summed E-state index contributed by atoms with van der Waals surface area (Å²) in [5.41, 5.74) is 1.24. The third-order valence-electron chi connectivity index (χ3n) is 2.17. The lowest BCUT2D eigenvalue weighted by Gasteiger charge is -2.02. The Kier molecular flexibility index (Phi) is 3.47. The van der Waals surface area contributed by atoms with E-state index in [-0.39, 0.29) is 5.78 Å². The van der Waals surface area contributed by atoms with Gasteiger partial charge in [0.2, 0.25) is 0 Å². The van der Waals surface area contributed by atoms with Crippen LogP contribution in [0, 0.1) is 6.92 Å². The van der Waals surface area contributed by atoms with Crippen molar-refractivity contribution in [3.8, 4) is 0 Å². The summed E-state index contributed by atoms with van der Waals surface area (Å²) < 4.78 is 0.871. The molecule has 1 aromatic heterocycles. The maximum Gasteiger partial charge on any atom is 0.195 e. The summed E-state index contributed by atoms with van der Waals surface area (Å²) in [6.07, 6.45) is 0. The van der Waals surface area contributed by atoms with Crippen molar-refractivity contribution in [3.05, 3.63) is 55.1 Å². The van der Waals surface area contributed by atoms with Crippen molar-refractivity contribution in [1.82, 2.24) is 0 Å². The van der Waals surface area contributed by atoms with E-state index in [1.165, 1.54) is 0 Å². The van der Waals surface area contributed by atoms with Gasteiger partial charge in [0.1, 0.15) is 0 Å². The molecule has 0 aliphatic heterocycles. The van der Waals surface area contributed by atoms with Crippen molar-refractivity contribution >= 4 is 44.7 Å². The van der Waals surface area contributed by atoms with Crippen LogP contribution < -0.4 is 0 Å². The summed E-state index contributed by atoms with van der Waals surface area (Å²) >= 11 is 10.9. The van der Waals surface area contributed by atoms with Crippen LogP contribution in [0.3, 0.4) is 0 Å². The van der Waals surface area contributed by atoms with E-state index in [0.29, 0.717) is 16.1 Å². The van der Waals surface area contributed by atoms with Gasteiger partial charge in [-0.2, -0.15) is 0 Å². The fourth-order valence-electron chi connectivity index (χ4n) is 1.39. The molecule has 0 saturated heterocycles. The molecule has 1 aromatic carbocycles. The molecule has 16 heavy (non-hydrogen) atoms. The molecule has 1 nitrogen and oxygen atoms in total. The number of carbonyl (C=O) groups excluding carboxylic acids is 1. The van der Waals surface area contributed by atoms with Crippen molar-refractivity contribution in [2.24, 2.45) is 0 Å². The second-order valence-corrected chi connectivity index (χ2v) is 5.84. The highest BCUT2D eigenvalue weighted by atomic mass is 79.9. The van der Waals surface area contributed by atoms with E-state index in [9.17, 15) is 4.79 Å². The zero-order chi connectivity index (χ0) is 11.7. The summed E-state index contributed by atoms with van der Waals surface area (Å²) in [7, 11) is 0. The molecule has 4 heteroatoms. The maximum atomic E-state index is 12.1. The molecular weight excluding hydrogens is 308 g/mol. The van der Waals surface area contributed by atoms with Crippen LogP contribution in [0.25, 0.3) is 0 Å². The fraction of sp³-hybridized carbons (Fsp3) is 0.0833. The van der Waals surface area contributed by atoms with E-state index in [1.54, 1.807) is 23.5 Å². The van der Waals surface area contributed by atoms with E-state index in [0.717, 1.165) is 9.35 Å². The molecular formula is C12H8BrClOS. The Morgan fingerprint density at radius 1 is 1.38 bits per heavy atom. The molecule has 0 spiro atoms. The second-order valence-electron chi connectivity index (χ2n) is 3.40. The minimum atomic E-state index is -0.0261. The Balaban J connectivity index is 2.41. The average Bonchev–Trinajstić information content (AvgIpc) is 2.64. The highest BCUT2D eigenvalue weighted by molar-refractivity contribution is 9.10. The predicted molar refractivity (Wildman–Crippen MR) is 71.6 cm³/mol. The van der Waals surface area contributed by atoms with Gasteiger partial charge in [0.15, 0.2) is 5.78 Å². The van der Waals surface area contributed by atoms with Gasteiger partial charge in [-0.05, 0) is 31.2 Å². The summed E-state index contributed by atoms with van der Waals surface area (Å²) in [5, 5.41) is 2.33. The van der Waals surface area contributed by atoms with Gasteiger partial charge in [0.25, 0.3) is 0 Å². The predicted octanol–water partition coefficient (Wildman–Crippen LogP) is 4.70. The average molecular weight is 316 g/mol. The van der Waals surface area contributed by atoms with Crippen LogP contribution in [0.4, 0.5) is 0 Å². The molecule has 2 rings (SSSR count). The van der Waals surface area contributed by atoms with E-state index in [1.807, 2.05) is 24.4 Å². The lowest BCUT2D eigenvalue weighted by molar-refractivity contribution is 0.103. The van der Waals surface area contributed by atoms with Crippen LogP contribution in [0.1, 0.15) is 20.8 Å². The van der Waals surface area contributed by atoms with Gasteiger partial charge < -0.3 is 0 Å². The maximum absolute atomic E-state index is 12.1. The molecule has 1 heterocycles. The first kappa shape index (κ1) is 11.8. The van der Waals surface area contributed by atoms with Crippen molar-refractivity contribution in [2.45, 2.75) is 6.92 Å². The molecule has 0 N–H and O–H groups in total. The van der Waals surface area contributed by atoms with Crippen LogP contribution in [0.2, 0.25) is 5.02 Å². The van der Waals surface area contributed by atoms with Crippen molar-refractivity contribution in [3.63, 3.8) is 0 Å². The normalized spacial score (nSPS) is 10.4. The van der Waals surface area contributed by atoms with Crippen molar-refractivity contribution < 1.29 is 4.79 Å². The Bertz CT molecular complexity index is 548. The molecule has 0 unspecified atom stereocenters. The lowest BCUT2D eigenvalue weighted by Crippen LogP contribution is -2.00. The number of hydrogen-bond donors (Lipinski definition) is 0. The van der Waals surface area contributed by atoms with Crippen molar-refractivity contribution in [1.29, 1.82) is 0 Å². The van der Waals surface area contributed by atoms with E-state index in [4.69, 9.17) is 11.6 Å². The number of aryl methyl sites for hydroxylation is 1. The zero-order valence-electron chi connectivity index (χ0n) is 8.46. The van der Waals surface area contributed by atoms with Crippen LogP contribution in [0.5, 0.6) is 0 Å². The standard InChI is InChI=1S/C12H8BrClOS/c1-7-4-8(6-16-7)12(15)10-3-2-9(13)5-11(10)14/h2-6H,1H3. The van der Waals surface area contributed by atoms with E-state index in [2.05, 4.69) is 15.9 Å². The zero-order valence-corrected chi connectivity index (χ0v) is 11.6. The van der Waals surface area contributed by atoms with E-state index < -0.39 is 0 Å². The van der Waals surface area contributed by atoms with Gasteiger partial charge in [0, 0.05) is 25.9 Å². The fourth-order valence-corrected chi connectivity index (χ4v) is 2.83. The second kappa shape index (κ2) is 4.70. The minimum absolute atomic E-state index is 0.0261. The van der Waals surface area contributed by atoms with Gasteiger partial charge in [-0.3, -0.25) is 4.79 Å². The first-order chi connectivity index (χ1) is 7.58. The summed E-state index contributed by atoms with van der Waals surface area (Å²) in [6, 6.07) is 7.17. The van der Waals surface area contributed by atoms with Gasteiger partial charge >= 0.3 is 0 Å². The highest BCUT2D eigenvalue weighted by Gasteiger charge is 2.13. The number of hydrogen-bond acceptors (Lipinski definition) is 2. The Morgan fingerprint density at radius 3 is 2.69 bits per heavy atom. The molecule has 0 saturated carbocycles. The summed E-state index contributed by atoms with van der Waals surface area (Å²) in [4.78, 5) is 13.2. The molecule has 2 aromatic rings.